The van der Waals surface area contributed by atoms with Crippen molar-refractivity contribution in [2.75, 3.05) is 26.1 Å². The van der Waals surface area contributed by atoms with E-state index >= 15 is 0 Å². The Morgan fingerprint density at radius 3 is 2.23 bits per heavy atom. The number of hydrogen-bond donors (Lipinski definition) is 0. The van der Waals surface area contributed by atoms with Gasteiger partial charge in [-0.3, -0.25) is 9.11 Å². The van der Waals surface area contributed by atoms with Crippen molar-refractivity contribution in [2.24, 2.45) is 0 Å². The predicted molar refractivity (Wildman–Crippen MR) is 56.3 cm³/mol. The molecular weight excluding hydrogens is 186 g/mol. The molecule has 1 aliphatic rings. The van der Waals surface area contributed by atoms with Crippen LogP contribution < -0.4 is 0 Å². The first-order valence-corrected chi connectivity index (χ1v) is 6.45. The topological polar surface area (TPSA) is 37.4 Å². The Bertz CT molecular complexity index is 169. The highest BCUT2D eigenvalue weighted by Crippen LogP contribution is 2.12. The van der Waals surface area contributed by atoms with Gasteiger partial charge in [0.15, 0.2) is 0 Å². The van der Waals surface area contributed by atoms with Gasteiger partial charge in [0.1, 0.15) is 6.29 Å². The number of carbonyl (C=O) groups is 1. The number of carbonyl (C=O) groups excluding carboxylic acids is 1. The van der Waals surface area contributed by atoms with Gasteiger partial charge in [-0.25, -0.2) is 0 Å². The summed E-state index contributed by atoms with van der Waals surface area (Å²) in [4.78, 5) is 12.5. The zero-order valence-electron chi connectivity index (χ0n) is 8.66. The summed E-state index contributed by atoms with van der Waals surface area (Å²) in [6, 6.07) is 0.207. The molecule has 0 aromatic rings. The van der Waals surface area contributed by atoms with Crippen LogP contribution in [0.2, 0.25) is 0 Å². The molecule has 0 radical (unpaired) electrons. The van der Waals surface area contributed by atoms with Crippen LogP contribution in [0, 0.1) is 0 Å². The minimum absolute atomic E-state index is 0.207. The van der Waals surface area contributed by atoms with E-state index in [1.165, 1.54) is 12.8 Å². The summed E-state index contributed by atoms with van der Waals surface area (Å²) in [6.07, 6.45) is 7.85. The first-order chi connectivity index (χ1) is 6.07. The Balaban J connectivity index is 0.000000310. The molecule has 13 heavy (non-hydrogen) atoms. The number of hydrogen-bond acceptors (Lipinski definition) is 3. The number of likely N-dealkylation sites (N-methyl/N-ethyl adjacent to an activating group) is 1. The SMILES string of the molecule is CN1CCCCC1C=O.CS(C)=O. The molecule has 1 saturated heterocycles. The van der Waals surface area contributed by atoms with Gasteiger partial charge >= 0.3 is 0 Å². The highest BCUT2D eigenvalue weighted by atomic mass is 32.2. The molecule has 1 fully saturated rings. The lowest BCUT2D eigenvalue weighted by molar-refractivity contribution is -0.112. The van der Waals surface area contributed by atoms with Gasteiger partial charge in [0.05, 0.1) is 6.04 Å². The fraction of sp³-hybridized carbons (Fsp3) is 0.889. The third-order valence-electron chi connectivity index (χ3n) is 1.98. The van der Waals surface area contributed by atoms with E-state index < -0.39 is 10.8 Å². The second-order valence-electron chi connectivity index (χ2n) is 3.42. The van der Waals surface area contributed by atoms with Gasteiger partial charge in [-0.05, 0) is 26.4 Å². The van der Waals surface area contributed by atoms with Crippen LogP contribution >= 0.6 is 0 Å². The number of rotatable bonds is 1. The summed E-state index contributed by atoms with van der Waals surface area (Å²) in [5.74, 6) is 0. The van der Waals surface area contributed by atoms with E-state index in [1.807, 2.05) is 7.05 Å². The van der Waals surface area contributed by atoms with Crippen LogP contribution in [0.15, 0.2) is 0 Å². The molecule has 1 aliphatic heterocycles. The van der Waals surface area contributed by atoms with Crippen LogP contribution in [-0.4, -0.2) is 47.5 Å². The van der Waals surface area contributed by atoms with Crippen molar-refractivity contribution >= 4 is 17.1 Å². The van der Waals surface area contributed by atoms with E-state index in [1.54, 1.807) is 12.5 Å². The maximum absolute atomic E-state index is 10.3. The lowest BCUT2D eigenvalue weighted by Gasteiger charge is -2.27. The molecule has 0 saturated carbocycles. The Hall–Kier alpha value is -0.220. The Morgan fingerprint density at radius 1 is 1.38 bits per heavy atom. The molecule has 0 amide bonds. The Labute approximate surface area is 83.0 Å². The van der Waals surface area contributed by atoms with Crippen molar-refractivity contribution in [2.45, 2.75) is 25.3 Å². The number of nitrogens with zero attached hydrogens (tertiary/aromatic N) is 1. The first kappa shape index (κ1) is 12.8. The number of piperidine rings is 1. The lowest BCUT2D eigenvalue weighted by Crippen LogP contribution is -2.37. The molecule has 4 heteroatoms. The van der Waals surface area contributed by atoms with E-state index in [4.69, 9.17) is 0 Å². The number of likely N-dealkylation sites (tertiary alicyclic amines) is 1. The minimum atomic E-state index is -0.611. The normalized spacial score (nSPS) is 23.5. The zero-order chi connectivity index (χ0) is 10.3. The van der Waals surface area contributed by atoms with E-state index in [2.05, 4.69) is 4.90 Å². The van der Waals surface area contributed by atoms with E-state index in [0.717, 1.165) is 19.3 Å². The first-order valence-electron chi connectivity index (χ1n) is 4.48. The number of aldehydes is 1. The third kappa shape index (κ3) is 6.90. The maximum atomic E-state index is 10.3. The summed E-state index contributed by atoms with van der Waals surface area (Å²) in [5.41, 5.74) is 0. The van der Waals surface area contributed by atoms with Crippen molar-refractivity contribution in [3.63, 3.8) is 0 Å². The highest BCUT2D eigenvalue weighted by molar-refractivity contribution is 7.83. The van der Waals surface area contributed by atoms with Crippen LogP contribution in [0.5, 0.6) is 0 Å². The van der Waals surface area contributed by atoms with Crippen molar-refractivity contribution in [1.29, 1.82) is 0 Å². The average Bonchev–Trinajstić information content (AvgIpc) is 2.04. The van der Waals surface area contributed by atoms with E-state index in [-0.39, 0.29) is 6.04 Å². The van der Waals surface area contributed by atoms with Crippen LogP contribution in [-0.2, 0) is 15.6 Å². The molecule has 1 rings (SSSR count). The summed E-state index contributed by atoms with van der Waals surface area (Å²) >= 11 is 0. The fourth-order valence-corrected chi connectivity index (χ4v) is 1.27. The van der Waals surface area contributed by atoms with Crippen LogP contribution in [0.25, 0.3) is 0 Å². The van der Waals surface area contributed by atoms with Gasteiger partial charge < -0.3 is 4.79 Å². The van der Waals surface area contributed by atoms with Gasteiger partial charge in [0, 0.05) is 23.3 Å². The smallest absolute Gasteiger partial charge is 0.137 e. The summed E-state index contributed by atoms with van der Waals surface area (Å²) in [5, 5.41) is 0. The third-order valence-corrected chi connectivity index (χ3v) is 1.98. The van der Waals surface area contributed by atoms with Gasteiger partial charge in [-0.15, -0.1) is 0 Å². The molecule has 0 N–H and O–H groups in total. The zero-order valence-corrected chi connectivity index (χ0v) is 9.47. The minimum Gasteiger partial charge on any atom is -0.302 e. The molecule has 1 unspecified atom stereocenters. The molecular formula is C9H19NO2S. The standard InChI is InChI=1S/C7H13NO.C2H6OS/c1-8-5-3-2-4-7(8)6-9;1-4(2)3/h6-7H,2-5H2,1H3;1-2H3. The van der Waals surface area contributed by atoms with Crippen molar-refractivity contribution in [1.82, 2.24) is 4.90 Å². The van der Waals surface area contributed by atoms with Crippen LogP contribution in [0.4, 0.5) is 0 Å². The predicted octanol–water partition coefficient (Wildman–Crippen LogP) is 0.664. The van der Waals surface area contributed by atoms with Gasteiger partial charge in [0.2, 0.25) is 0 Å². The van der Waals surface area contributed by atoms with Crippen molar-refractivity contribution in [3.05, 3.63) is 0 Å². The average molecular weight is 205 g/mol. The molecule has 1 heterocycles. The molecule has 1 atom stereocenters. The maximum Gasteiger partial charge on any atom is 0.137 e. The molecule has 0 aromatic heterocycles. The van der Waals surface area contributed by atoms with E-state index in [9.17, 15) is 9.00 Å². The monoisotopic (exact) mass is 205 g/mol. The molecule has 0 aromatic carbocycles. The molecule has 0 spiro atoms. The summed E-state index contributed by atoms with van der Waals surface area (Å²) in [6.45, 7) is 1.09. The van der Waals surface area contributed by atoms with Crippen LogP contribution in [0.3, 0.4) is 0 Å². The molecule has 78 valence electrons. The summed E-state index contributed by atoms with van der Waals surface area (Å²) in [7, 11) is 1.40. The molecule has 0 aliphatic carbocycles. The molecule has 0 bridgehead atoms. The van der Waals surface area contributed by atoms with E-state index in [0.29, 0.717) is 0 Å². The molecule has 3 nitrogen and oxygen atoms in total. The largest absolute Gasteiger partial charge is 0.302 e. The highest BCUT2D eigenvalue weighted by Gasteiger charge is 2.16. The Kier molecular flexibility index (Phi) is 7.09. The quantitative estimate of drug-likeness (QED) is 0.590. The van der Waals surface area contributed by atoms with Gasteiger partial charge in [0.25, 0.3) is 0 Å². The lowest BCUT2D eigenvalue weighted by atomic mass is 10.0. The summed E-state index contributed by atoms with van der Waals surface area (Å²) < 4.78 is 9.56. The second-order valence-corrected chi connectivity index (χ2v) is 4.90. The van der Waals surface area contributed by atoms with Gasteiger partial charge in [-0.1, -0.05) is 6.42 Å². The van der Waals surface area contributed by atoms with Crippen molar-refractivity contribution < 1.29 is 9.00 Å². The second kappa shape index (κ2) is 7.21. The van der Waals surface area contributed by atoms with Crippen molar-refractivity contribution in [3.8, 4) is 0 Å². The Morgan fingerprint density at radius 2 is 1.92 bits per heavy atom. The van der Waals surface area contributed by atoms with Crippen LogP contribution in [0.1, 0.15) is 19.3 Å². The van der Waals surface area contributed by atoms with Gasteiger partial charge in [-0.2, -0.15) is 0 Å². The fourth-order valence-electron chi connectivity index (χ4n) is 1.27.